The van der Waals surface area contributed by atoms with Gasteiger partial charge in [0.05, 0.1) is 18.1 Å². The molecular weight excluding hydrogens is 378 g/mol. The number of sulfonamides is 1. The summed E-state index contributed by atoms with van der Waals surface area (Å²) in [6.07, 6.45) is 1.58. The maximum absolute atomic E-state index is 12.9. The fourth-order valence-corrected chi connectivity index (χ4v) is 4.91. The molecule has 4 rings (SSSR count). The van der Waals surface area contributed by atoms with Gasteiger partial charge in [0.2, 0.25) is 10.0 Å². The summed E-state index contributed by atoms with van der Waals surface area (Å²) >= 11 is 0. The molecule has 28 heavy (non-hydrogen) atoms. The Morgan fingerprint density at radius 3 is 2.04 bits per heavy atom. The maximum Gasteiger partial charge on any atom is 0.243 e. The van der Waals surface area contributed by atoms with E-state index in [2.05, 4.69) is 19.8 Å². The largest absolute Gasteiger partial charge is 0.378 e. The van der Waals surface area contributed by atoms with E-state index in [0.29, 0.717) is 44.3 Å². The van der Waals surface area contributed by atoms with Gasteiger partial charge in [-0.3, -0.25) is 0 Å². The number of anilines is 2. The topological polar surface area (TPSA) is 78.9 Å². The van der Waals surface area contributed by atoms with E-state index in [-0.39, 0.29) is 0 Å². The van der Waals surface area contributed by atoms with Gasteiger partial charge in [0.1, 0.15) is 18.0 Å². The van der Waals surface area contributed by atoms with Crippen LogP contribution < -0.4 is 9.80 Å². The molecule has 0 amide bonds. The van der Waals surface area contributed by atoms with Crippen LogP contribution in [0.15, 0.2) is 41.6 Å². The summed E-state index contributed by atoms with van der Waals surface area (Å²) in [5.74, 6) is 1.73. The van der Waals surface area contributed by atoms with Crippen molar-refractivity contribution in [3.8, 4) is 0 Å². The van der Waals surface area contributed by atoms with Crippen molar-refractivity contribution < 1.29 is 13.2 Å². The highest BCUT2D eigenvalue weighted by atomic mass is 32.2. The Bertz CT molecular complexity index is 905. The summed E-state index contributed by atoms with van der Waals surface area (Å²) in [6, 6.07) is 9.00. The van der Waals surface area contributed by atoms with Gasteiger partial charge in [0, 0.05) is 45.3 Å². The van der Waals surface area contributed by atoms with Gasteiger partial charge in [-0.05, 0) is 19.1 Å². The third kappa shape index (κ3) is 3.96. The van der Waals surface area contributed by atoms with E-state index in [1.54, 1.807) is 22.8 Å². The van der Waals surface area contributed by atoms with Crippen molar-refractivity contribution in [2.24, 2.45) is 0 Å². The molecular formula is C19H25N5O3S. The molecule has 3 heterocycles. The number of morpholine rings is 1. The summed E-state index contributed by atoms with van der Waals surface area (Å²) in [6.45, 7) is 7.07. The van der Waals surface area contributed by atoms with Gasteiger partial charge in [-0.15, -0.1) is 0 Å². The third-order valence-electron chi connectivity index (χ3n) is 5.19. The molecule has 2 fully saturated rings. The molecule has 1 aromatic heterocycles. The Kier molecular flexibility index (Phi) is 5.47. The zero-order valence-electron chi connectivity index (χ0n) is 16.0. The standard InChI is InChI=1S/C19H25N5O3S/c1-16-2-4-17(5-3-16)28(25,26)24-8-6-22(7-9-24)18-14-19(21-15-20-18)23-10-12-27-13-11-23/h2-5,14-15H,6-13H2,1H3. The van der Waals surface area contributed by atoms with Gasteiger partial charge in [-0.25, -0.2) is 18.4 Å². The molecule has 0 aliphatic carbocycles. The van der Waals surface area contributed by atoms with E-state index >= 15 is 0 Å². The van der Waals surface area contributed by atoms with Gasteiger partial charge in [-0.1, -0.05) is 17.7 Å². The SMILES string of the molecule is Cc1ccc(S(=O)(=O)N2CCN(c3cc(N4CCOCC4)ncn3)CC2)cc1. The number of nitrogens with zero attached hydrogens (tertiary/aromatic N) is 5. The smallest absolute Gasteiger partial charge is 0.243 e. The minimum absolute atomic E-state index is 0.350. The second kappa shape index (κ2) is 8.02. The van der Waals surface area contributed by atoms with Crippen molar-refractivity contribution in [2.45, 2.75) is 11.8 Å². The van der Waals surface area contributed by atoms with E-state index in [1.165, 1.54) is 0 Å². The highest BCUT2D eigenvalue weighted by Gasteiger charge is 2.29. The molecule has 0 atom stereocenters. The molecule has 0 bridgehead atoms. The van der Waals surface area contributed by atoms with Crippen LogP contribution in [0.2, 0.25) is 0 Å². The number of aromatic nitrogens is 2. The summed E-state index contributed by atoms with van der Waals surface area (Å²) < 4.78 is 32.7. The lowest BCUT2D eigenvalue weighted by molar-refractivity contribution is 0.122. The van der Waals surface area contributed by atoms with Crippen LogP contribution in [0.25, 0.3) is 0 Å². The fraction of sp³-hybridized carbons (Fsp3) is 0.474. The Balaban J connectivity index is 1.43. The van der Waals surface area contributed by atoms with Crippen LogP contribution in [-0.4, -0.2) is 75.2 Å². The molecule has 2 aliphatic rings. The molecule has 1 aromatic carbocycles. The highest BCUT2D eigenvalue weighted by molar-refractivity contribution is 7.89. The fourth-order valence-electron chi connectivity index (χ4n) is 3.49. The summed E-state index contributed by atoms with van der Waals surface area (Å²) in [5, 5.41) is 0. The number of benzene rings is 1. The van der Waals surface area contributed by atoms with Crippen molar-refractivity contribution in [1.82, 2.24) is 14.3 Å². The maximum atomic E-state index is 12.9. The lowest BCUT2D eigenvalue weighted by Gasteiger charge is -2.35. The van der Waals surface area contributed by atoms with E-state index < -0.39 is 10.0 Å². The molecule has 0 saturated carbocycles. The molecule has 0 unspecified atom stereocenters. The Morgan fingerprint density at radius 2 is 1.43 bits per heavy atom. The van der Waals surface area contributed by atoms with Crippen LogP contribution in [0.4, 0.5) is 11.6 Å². The third-order valence-corrected chi connectivity index (χ3v) is 7.11. The second-order valence-corrected chi connectivity index (χ2v) is 8.98. The average molecular weight is 404 g/mol. The summed E-state index contributed by atoms with van der Waals surface area (Å²) in [7, 11) is -3.46. The van der Waals surface area contributed by atoms with Crippen LogP contribution in [0.1, 0.15) is 5.56 Å². The van der Waals surface area contributed by atoms with Crippen LogP contribution in [0.3, 0.4) is 0 Å². The van der Waals surface area contributed by atoms with Gasteiger partial charge < -0.3 is 14.5 Å². The first-order valence-electron chi connectivity index (χ1n) is 9.50. The zero-order chi connectivity index (χ0) is 19.6. The molecule has 8 nitrogen and oxygen atoms in total. The molecule has 2 aromatic rings. The predicted octanol–water partition coefficient (Wildman–Crippen LogP) is 1.13. The predicted molar refractivity (Wildman–Crippen MR) is 107 cm³/mol. The molecule has 0 radical (unpaired) electrons. The van der Waals surface area contributed by atoms with Crippen LogP contribution >= 0.6 is 0 Å². The lowest BCUT2D eigenvalue weighted by Crippen LogP contribution is -2.49. The normalized spacial score (nSPS) is 19.0. The van der Waals surface area contributed by atoms with Crippen LogP contribution in [0, 0.1) is 6.92 Å². The van der Waals surface area contributed by atoms with Crippen molar-refractivity contribution in [3.05, 3.63) is 42.2 Å². The summed E-state index contributed by atoms with van der Waals surface area (Å²) in [4.78, 5) is 13.4. The molecule has 2 saturated heterocycles. The van der Waals surface area contributed by atoms with E-state index in [0.717, 1.165) is 30.3 Å². The summed E-state index contributed by atoms with van der Waals surface area (Å²) in [5.41, 5.74) is 1.05. The van der Waals surface area contributed by atoms with Gasteiger partial charge in [0.25, 0.3) is 0 Å². The van der Waals surface area contributed by atoms with E-state index in [9.17, 15) is 8.42 Å². The monoisotopic (exact) mass is 403 g/mol. The number of hydrogen-bond donors (Lipinski definition) is 0. The minimum atomic E-state index is -3.46. The Morgan fingerprint density at radius 1 is 0.857 bits per heavy atom. The Hall–Kier alpha value is -2.23. The number of hydrogen-bond acceptors (Lipinski definition) is 7. The second-order valence-electron chi connectivity index (χ2n) is 7.04. The first-order valence-corrected chi connectivity index (χ1v) is 10.9. The van der Waals surface area contributed by atoms with Crippen molar-refractivity contribution in [2.75, 3.05) is 62.3 Å². The average Bonchev–Trinajstić information content (AvgIpc) is 2.75. The van der Waals surface area contributed by atoms with Crippen molar-refractivity contribution in [1.29, 1.82) is 0 Å². The van der Waals surface area contributed by atoms with Crippen molar-refractivity contribution in [3.63, 3.8) is 0 Å². The molecule has 9 heteroatoms. The molecule has 150 valence electrons. The number of aryl methyl sites for hydroxylation is 1. The highest BCUT2D eigenvalue weighted by Crippen LogP contribution is 2.22. The van der Waals surface area contributed by atoms with Gasteiger partial charge >= 0.3 is 0 Å². The number of rotatable bonds is 4. The van der Waals surface area contributed by atoms with Crippen molar-refractivity contribution >= 4 is 21.7 Å². The lowest BCUT2D eigenvalue weighted by atomic mass is 10.2. The van der Waals surface area contributed by atoms with Gasteiger partial charge in [-0.2, -0.15) is 4.31 Å². The van der Waals surface area contributed by atoms with Gasteiger partial charge in [0.15, 0.2) is 0 Å². The zero-order valence-corrected chi connectivity index (χ0v) is 16.8. The quantitative estimate of drug-likeness (QED) is 0.757. The number of piperazine rings is 1. The Labute approximate surface area is 165 Å². The van der Waals surface area contributed by atoms with E-state index in [1.807, 2.05) is 25.1 Å². The molecule has 2 aliphatic heterocycles. The number of ether oxygens (including phenoxy) is 1. The van der Waals surface area contributed by atoms with Crippen LogP contribution in [0.5, 0.6) is 0 Å². The first kappa shape index (κ1) is 19.1. The van der Waals surface area contributed by atoms with E-state index in [4.69, 9.17) is 4.74 Å². The first-order chi connectivity index (χ1) is 13.5. The molecule has 0 spiro atoms. The molecule has 0 N–H and O–H groups in total. The minimum Gasteiger partial charge on any atom is -0.378 e. The van der Waals surface area contributed by atoms with Crippen LogP contribution in [-0.2, 0) is 14.8 Å².